The number of para-hydroxylation sites is 2. The highest BCUT2D eigenvalue weighted by atomic mass is 16.1. The molecule has 0 aliphatic rings. The standard InChI is InChI=1S/C17H19N5O/c1-3-10-22-15-7-5-4-6-14(15)19-17(22)20-16(23)9-8-13-11-18-21(2)12-13/h4-9,11-12H,3,10H2,1-2H3,(H,19,20,23)/b9-8-. The number of imidazole rings is 1. The number of fused-ring (bicyclic) bond motifs is 1. The van der Waals surface area contributed by atoms with Crippen molar-refractivity contribution in [2.75, 3.05) is 5.32 Å². The zero-order valence-corrected chi connectivity index (χ0v) is 13.2. The van der Waals surface area contributed by atoms with Gasteiger partial charge in [0.05, 0.1) is 17.2 Å². The van der Waals surface area contributed by atoms with Crippen molar-refractivity contribution >= 4 is 29.0 Å². The molecule has 0 aliphatic carbocycles. The van der Waals surface area contributed by atoms with Crippen LogP contribution >= 0.6 is 0 Å². The molecule has 0 atom stereocenters. The molecule has 0 bridgehead atoms. The van der Waals surface area contributed by atoms with Gasteiger partial charge in [-0.2, -0.15) is 5.10 Å². The summed E-state index contributed by atoms with van der Waals surface area (Å²) in [6, 6.07) is 7.88. The molecule has 2 aromatic heterocycles. The molecule has 6 heteroatoms. The Kier molecular flexibility index (Phi) is 4.23. The minimum atomic E-state index is -0.207. The van der Waals surface area contributed by atoms with Crippen LogP contribution < -0.4 is 5.32 Å². The molecule has 1 N–H and O–H groups in total. The first-order valence-corrected chi connectivity index (χ1v) is 7.60. The van der Waals surface area contributed by atoms with Gasteiger partial charge in [0, 0.05) is 31.4 Å². The second-order valence-corrected chi connectivity index (χ2v) is 5.35. The Morgan fingerprint density at radius 1 is 1.35 bits per heavy atom. The molecule has 0 radical (unpaired) electrons. The predicted octanol–water partition coefficient (Wildman–Crippen LogP) is 2.83. The van der Waals surface area contributed by atoms with E-state index in [1.165, 1.54) is 6.08 Å². The Balaban J connectivity index is 1.81. The van der Waals surface area contributed by atoms with E-state index in [1.54, 1.807) is 17.0 Å². The van der Waals surface area contributed by atoms with Crippen LogP contribution in [-0.2, 0) is 18.4 Å². The van der Waals surface area contributed by atoms with E-state index in [-0.39, 0.29) is 5.91 Å². The van der Waals surface area contributed by atoms with Crippen molar-refractivity contribution in [3.8, 4) is 0 Å². The smallest absolute Gasteiger partial charge is 0.250 e. The third-order valence-corrected chi connectivity index (χ3v) is 3.49. The van der Waals surface area contributed by atoms with Gasteiger partial charge in [-0.05, 0) is 24.6 Å². The van der Waals surface area contributed by atoms with Gasteiger partial charge >= 0.3 is 0 Å². The summed E-state index contributed by atoms with van der Waals surface area (Å²) in [5.41, 5.74) is 2.79. The Morgan fingerprint density at radius 3 is 2.91 bits per heavy atom. The van der Waals surface area contributed by atoms with Gasteiger partial charge in [-0.25, -0.2) is 4.98 Å². The number of aromatic nitrogens is 4. The number of benzene rings is 1. The minimum Gasteiger partial charge on any atom is -0.310 e. The van der Waals surface area contributed by atoms with Crippen LogP contribution in [0.1, 0.15) is 18.9 Å². The molecule has 118 valence electrons. The molecule has 1 amide bonds. The Morgan fingerprint density at radius 2 is 2.17 bits per heavy atom. The van der Waals surface area contributed by atoms with E-state index in [0.717, 1.165) is 29.6 Å². The van der Waals surface area contributed by atoms with Gasteiger partial charge in [-0.1, -0.05) is 19.1 Å². The largest absolute Gasteiger partial charge is 0.310 e. The van der Waals surface area contributed by atoms with Gasteiger partial charge in [0.25, 0.3) is 5.91 Å². The SMILES string of the molecule is CCCn1c(NC(=O)/C=C\c2cnn(C)c2)nc2ccccc21. The number of amides is 1. The number of nitrogens with one attached hydrogen (secondary N) is 1. The quantitative estimate of drug-likeness (QED) is 0.737. The zero-order chi connectivity index (χ0) is 16.2. The highest BCUT2D eigenvalue weighted by Gasteiger charge is 2.11. The lowest BCUT2D eigenvalue weighted by Gasteiger charge is -2.07. The Bertz CT molecular complexity index is 859. The molecule has 0 saturated carbocycles. The van der Waals surface area contributed by atoms with Crippen molar-refractivity contribution in [1.82, 2.24) is 19.3 Å². The van der Waals surface area contributed by atoms with E-state index >= 15 is 0 Å². The third-order valence-electron chi connectivity index (χ3n) is 3.49. The summed E-state index contributed by atoms with van der Waals surface area (Å²) in [5.74, 6) is 0.371. The molecule has 0 fully saturated rings. The Labute approximate surface area is 134 Å². The number of nitrogens with zero attached hydrogens (tertiary/aromatic N) is 4. The molecule has 3 aromatic rings. The van der Waals surface area contributed by atoms with Crippen molar-refractivity contribution in [3.05, 3.63) is 48.3 Å². The lowest BCUT2D eigenvalue weighted by Crippen LogP contribution is -2.13. The number of rotatable bonds is 5. The van der Waals surface area contributed by atoms with Crippen molar-refractivity contribution in [2.24, 2.45) is 7.05 Å². The van der Waals surface area contributed by atoms with Crippen LogP contribution in [0.4, 0.5) is 5.95 Å². The van der Waals surface area contributed by atoms with Crippen LogP contribution in [0.25, 0.3) is 17.1 Å². The fraction of sp³-hybridized carbons (Fsp3) is 0.235. The van der Waals surface area contributed by atoms with Crippen LogP contribution in [0.3, 0.4) is 0 Å². The highest BCUT2D eigenvalue weighted by Crippen LogP contribution is 2.20. The maximum Gasteiger partial charge on any atom is 0.250 e. The molecule has 1 aromatic carbocycles. The van der Waals surface area contributed by atoms with Crippen LogP contribution in [-0.4, -0.2) is 25.2 Å². The normalized spacial score (nSPS) is 11.4. The van der Waals surface area contributed by atoms with Gasteiger partial charge in [0.2, 0.25) is 5.95 Å². The monoisotopic (exact) mass is 309 g/mol. The first-order chi connectivity index (χ1) is 11.2. The minimum absolute atomic E-state index is 0.207. The Hall–Kier alpha value is -2.89. The second kappa shape index (κ2) is 6.48. The summed E-state index contributed by atoms with van der Waals surface area (Å²) in [6.45, 7) is 2.91. The molecule has 3 rings (SSSR count). The number of aryl methyl sites for hydroxylation is 2. The zero-order valence-electron chi connectivity index (χ0n) is 13.2. The van der Waals surface area contributed by atoms with Crippen molar-refractivity contribution < 1.29 is 4.79 Å². The van der Waals surface area contributed by atoms with E-state index < -0.39 is 0 Å². The van der Waals surface area contributed by atoms with Crippen LogP contribution in [0.2, 0.25) is 0 Å². The topological polar surface area (TPSA) is 64.7 Å². The molecule has 0 aliphatic heterocycles. The fourth-order valence-electron chi connectivity index (χ4n) is 2.47. The molecular weight excluding hydrogens is 290 g/mol. The number of carbonyl (C=O) groups is 1. The molecule has 0 saturated heterocycles. The second-order valence-electron chi connectivity index (χ2n) is 5.35. The van der Waals surface area contributed by atoms with Crippen LogP contribution in [0, 0.1) is 0 Å². The molecule has 6 nitrogen and oxygen atoms in total. The maximum absolute atomic E-state index is 12.1. The molecule has 0 spiro atoms. The summed E-state index contributed by atoms with van der Waals surface area (Å²) in [6.07, 6.45) is 7.74. The maximum atomic E-state index is 12.1. The van der Waals surface area contributed by atoms with E-state index in [4.69, 9.17) is 0 Å². The highest BCUT2D eigenvalue weighted by molar-refractivity contribution is 6.01. The lowest BCUT2D eigenvalue weighted by molar-refractivity contribution is -0.111. The van der Waals surface area contributed by atoms with Crippen LogP contribution in [0.15, 0.2) is 42.7 Å². The van der Waals surface area contributed by atoms with E-state index in [0.29, 0.717) is 5.95 Å². The molecule has 2 heterocycles. The van der Waals surface area contributed by atoms with Gasteiger partial charge in [-0.3, -0.25) is 14.8 Å². The van der Waals surface area contributed by atoms with Crippen molar-refractivity contribution in [3.63, 3.8) is 0 Å². The lowest BCUT2D eigenvalue weighted by atomic mass is 10.3. The van der Waals surface area contributed by atoms with Gasteiger partial charge in [0.15, 0.2) is 0 Å². The van der Waals surface area contributed by atoms with Gasteiger partial charge in [-0.15, -0.1) is 0 Å². The number of hydrogen-bond acceptors (Lipinski definition) is 3. The average Bonchev–Trinajstić information content (AvgIpc) is 3.10. The van der Waals surface area contributed by atoms with Crippen molar-refractivity contribution in [1.29, 1.82) is 0 Å². The summed E-state index contributed by atoms with van der Waals surface area (Å²) < 4.78 is 3.73. The first-order valence-electron chi connectivity index (χ1n) is 7.60. The van der Waals surface area contributed by atoms with Gasteiger partial charge < -0.3 is 4.57 Å². The fourth-order valence-corrected chi connectivity index (χ4v) is 2.47. The van der Waals surface area contributed by atoms with E-state index in [2.05, 4.69) is 22.3 Å². The third kappa shape index (κ3) is 3.31. The molecular formula is C17H19N5O. The number of carbonyl (C=O) groups excluding carboxylic acids is 1. The van der Waals surface area contributed by atoms with E-state index in [1.807, 2.05) is 42.1 Å². The van der Waals surface area contributed by atoms with Crippen molar-refractivity contribution in [2.45, 2.75) is 19.9 Å². The number of hydrogen-bond donors (Lipinski definition) is 1. The molecule has 0 unspecified atom stereocenters. The first kappa shape index (κ1) is 15.0. The number of anilines is 1. The van der Waals surface area contributed by atoms with E-state index in [9.17, 15) is 4.79 Å². The van der Waals surface area contributed by atoms with Crippen LogP contribution in [0.5, 0.6) is 0 Å². The van der Waals surface area contributed by atoms with Gasteiger partial charge in [0.1, 0.15) is 0 Å². The average molecular weight is 309 g/mol. The summed E-state index contributed by atoms with van der Waals surface area (Å²) in [7, 11) is 1.84. The summed E-state index contributed by atoms with van der Waals surface area (Å²) >= 11 is 0. The summed E-state index contributed by atoms with van der Waals surface area (Å²) in [4.78, 5) is 16.7. The molecule has 23 heavy (non-hydrogen) atoms. The summed E-state index contributed by atoms with van der Waals surface area (Å²) in [5, 5.41) is 6.92. The predicted molar refractivity (Wildman–Crippen MR) is 90.9 cm³/mol.